The second kappa shape index (κ2) is 8.59. The van der Waals surface area contributed by atoms with E-state index in [1.165, 1.54) is 16.9 Å². The summed E-state index contributed by atoms with van der Waals surface area (Å²) in [5, 5.41) is 12.1. The first-order chi connectivity index (χ1) is 11.1. The Labute approximate surface area is 140 Å². The number of nitrogens with two attached hydrogens (primary N) is 1. The zero-order valence-electron chi connectivity index (χ0n) is 13.5. The first-order valence-electron chi connectivity index (χ1n) is 7.61. The Morgan fingerprint density at radius 2 is 2.17 bits per heavy atom. The molecule has 124 valence electrons. The molecule has 0 aliphatic heterocycles. The van der Waals surface area contributed by atoms with Gasteiger partial charge in [-0.1, -0.05) is 29.0 Å². The number of hydrogen-bond donors (Lipinski definition) is 2. The maximum atomic E-state index is 11.6. The molecule has 0 spiro atoms. The molecule has 1 amide bonds. The summed E-state index contributed by atoms with van der Waals surface area (Å²) >= 11 is 1.37. The summed E-state index contributed by atoms with van der Waals surface area (Å²) in [5.41, 5.74) is 7.71. The van der Waals surface area contributed by atoms with Gasteiger partial charge in [0.25, 0.3) is 0 Å². The van der Waals surface area contributed by atoms with Crippen LogP contribution in [-0.4, -0.2) is 29.3 Å². The van der Waals surface area contributed by atoms with Crippen molar-refractivity contribution in [3.63, 3.8) is 0 Å². The fraction of sp³-hybridized carbons (Fsp3) is 0.438. The molecular weight excluding hydrogens is 312 g/mol. The van der Waals surface area contributed by atoms with Gasteiger partial charge >= 0.3 is 0 Å². The lowest BCUT2D eigenvalue weighted by Crippen LogP contribution is -2.13. The maximum Gasteiger partial charge on any atom is 0.226 e. The first-order valence-corrected chi connectivity index (χ1v) is 8.42. The average Bonchev–Trinajstić information content (AvgIpc) is 2.95. The van der Waals surface area contributed by atoms with Gasteiger partial charge in [-0.2, -0.15) is 0 Å². The molecule has 1 heterocycles. The Balaban J connectivity index is 1.79. The number of aromatic nitrogens is 2. The molecule has 0 saturated heterocycles. The van der Waals surface area contributed by atoms with E-state index >= 15 is 0 Å². The second-order valence-electron chi connectivity index (χ2n) is 5.31. The van der Waals surface area contributed by atoms with Gasteiger partial charge in [-0.25, -0.2) is 0 Å². The number of nitrogens with one attached hydrogen (secondary N) is 1. The molecular formula is C16H22N4O2S. The van der Waals surface area contributed by atoms with Crippen LogP contribution in [0.1, 0.15) is 29.0 Å². The molecule has 0 fully saturated rings. The largest absolute Gasteiger partial charge is 0.493 e. The Bertz CT molecular complexity index is 657. The fourth-order valence-corrected chi connectivity index (χ4v) is 2.80. The number of amides is 1. The molecule has 0 unspecified atom stereocenters. The van der Waals surface area contributed by atoms with E-state index in [1.807, 2.05) is 19.1 Å². The van der Waals surface area contributed by atoms with Crippen LogP contribution in [0.25, 0.3) is 0 Å². The molecule has 23 heavy (non-hydrogen) atoms. The third-order valence-corrected chi connectivity index (χ3v) is 4.12. The van der Waals surface area contributed by atoms with Gasteiger partial charge in [0.1, 0.15) is 10.8 Å². The minimum absolute atomic E-state index is 0.0790. The van der Waals surface area contributed by atoms with Crippen molar-refractivity contribution in [3.05, 3.63) is 34.3 Å². The van der Waals surface area contributed by atoms with Crippen LogP contribution in [0.4, 0.5) is 5.13 Å². The van der Waals surface area contributed by atoms with Gasteiger partial charge in [-0.3, -0.25) is 4.79 Å². The Morgan fingerprint density at radius 1 is 1.35 bits per heavy atom. The lowest BCUT2D eigenvalue weighted by molar-refractivity contribution is -0.116. The van der Waals surface area contributed by atoms with Gasteiger partial charge in [0, 0.05) is 12.8 Å². The van der Waals surface area contributed by atoms with Crippen molar-refractivity contribution >= 4 is 22.4 Å². The van der Waals surface area contributed by atoms with Crippen molar-refractivity contribution in [2.45, 2.75) is 33.1 Å². The Morgan fingerprint density at radius 3 is 2.91 bits per heavy atom. The summed E-state index contributed by atoms with van der Waals surface area (Å²) < 4.78 is 5.78. The van der Waals surface area contributed by atoms with Crippen LogP contribution < -0.4 is 15.8 Å². The number of benzene rings is 1. The van der Waals surface area contributed by atoms with E-state index in [2.05, 4.69) is 28.5 Å². The van der Waals surface area contributed by atoms with Crippen LogP contribution in [0.2, 0.25) is 0 Å². The van der Waals surface area contributed by atoms with Crippen molar-refractivity contribution in [2.75, 3.05) is 18.5 Å². The molecule has 2 rings (SSSR count). The zero-order chi connectivity index (χ0) is 16.7. The molecule has 3 N–H and O–H groups in total. The molecule has 0 aliphatic carbocycles. The summed E-state index contributed by atoms with van der Waals surface area (Å²) in [6.07, 6.45) is 1.73. The smallest absolute Gasteiger partial charge is 0.226 e. The maximum absolute atomic E-state index is 11.6. The number of rotatable bonds is 8. The monoisotopic (exact) mass is 334 g/mol. The van der Waals surface area contributed by atoms with E-state index in [9.17, 15) is 4.79 Å². The van der Waals surface area contributed by atoms with Crippen LogP contribution >= 0.6 is 11.3 Å². The van der Waals surface area contributed by atoms with Gasteiger partial charge < -0.3 is 15.8 Å². The highest BCUT2D eigenvalue weighted by Gasteiger charge is 2.08. The third kappa shape index (κ3) is 5.61. The first kappa shape index (κ1) is 17.4. The van der Waals surface area contributed by atoms with Crippen LogP contribution in [0.3, 0.4) is 0 Å². The quantitative estimate of drug-likeness (QED) is 0.774. The van der Waals surface area contributed by atoms with Crippen molar-refractivity contribution in [2.24, 2.45) is 5.73 Å². The number of aryl methyl sites for hydroxylation is 2. The predicted octanol–water partition coefficient (Wildman–Crippen LogP) is 2.45. The summed E-state index contributed by atoms with van der Waals surface area (Å²) in [5.74, 6) is 0.806. The number of hydrogen-bond acceptors (Lipinski definition) is 6. The lowest BCUT2D eigenvalue weighted by Gasteiger charge is -2.08. The molecule has 1 aromatic carbocycles. The summed E-state index contributed by atoms with van der Waals surface area (Å²) in [6, 6.07) is 6.10. The van der Waals surface area contributed by atoms with E-state index in [0.29, 0.717) is 37.5 Å². The van der Waals surface area contributed by atoms with Gasteiger partial charge in [-0.05, 0) is 38.4 Å². The number of anilines is 1. The highest BCUT2D eigenvalue weighted by atomic mass is 32.1. The van der Waals surface area contributed by atoms with Crippen LogP contribution in [0, 0.1) is 13.8 Å². The van der Waals surface area contributed by atoms with E-state index in [4.69, 9.17) is 10.5 Å². The second-order valence-corrected chi connectivity index (χ2v) is 6.37. The normalized spacial score (nSPS) is 10.6. The number of ether oxygens (including phenoxy) is 1. The topological polar surface area (TPSA) is 90.1 Å². The number of carbonyl (C=O) groups is 1. The van der Waals surface area contributed by atoms with Gasteiger partial charge in [0.2, 0.25) is 11.0 Å². The molecule has 0 radical (unpaired) electrons. The van der Waals surface area contributed by atoms with E-state index in [0.717, 1.165) is 16.3 Å². The lowest BCUT2D eigenvalue weighted by atomic mass is 10.1. The summed E-state index contributed by atoms with van der Waals surface area (Å²) in [7, 11) is 0. The third-order valence-electron chi connectivity index (χ3n) is 3.23. The summed E-state index contributed by atoms with van der Waals surface area (Å²) in [6.45, 7) is 5.12. The predicted molar refractivity (Wildman–Crippen MR) is 91.9 cm³/mol. The fourth-order valence-electron chi connectivity index (χ4n) is 2.06. The van der Waals surface area contributed by atoms with Crippen molar-refractivity contribution in [1.29, 1.82) is 0 Å². The minimum atomic E-state index is -0.0790. The van der Waals surface area contributed by atoms with Crippen molar-refractivity contribution in [1.82, 2.24) is 10.2 Å². The molecule has 0 aliphatic rings. The summed E-state index contributed by atoms with van der Waals surface area (Å²) in [4.78, 5) is 11.6. The molecule has 0 bridgehead atoms. The van der Waals surface area contributed by atoms with E-state index in [-0.39, 0.29) is 5.91 Å². The Kier molecular flexibility index (Phi) is 6.49. The molecule has 1 aromatic heterocycles. The number of carbonyl (C=O) groups excluding carboxylic acids is 1. The van der Waals surface area contributed by atoms with Gasteiger partial charge in [-0.15, -0.1) is 10.2 Å². The highest BCUT2D eigenvalue weighted by Crippen LogP contribution is 2.20. The van der Waals surface area contributed by atoms with E-state index in [1.54, 1.807) is 0 Å². The van der Waals surface area contributed by atoms with Crippen LogP contribution in [0.5, 0.6) is 5.75 Å². The van der Waals surface area contributed by atoms with Crippen LogP contribution in [-0.2, 0) is 11.2 Å². The molecule has 0 saturated carbocycles. The van der Waals surface area contributed by atoms with Gasteiger partial charge in [0.05, 0.1) is 6.61 Å². The van der Waals surface area contributed by atoms with Crippen molar-refractivity contribution < 1.29 is 9.53 Å². The highest BCUT2D eigenvalue weighted by molar-refractivity contribution is 7.15. The minimum Gasteiger partial charge on any atom is -0.493 e. The standard InChI is InChI=1S/C16H22N4O2S/c1-11-5-6-13(12(2)10-11)22-9-7-15-19-20-16(23-15)18-14(21)4-3-8-17/h5-6,10H,3-4,7-9,17H2,1-2H3,(H,18,20,21). The van der Waals surface area contributed by atoms with Crippen LogP contribution in [0.15, 0.2) is 18.2 Å². The van der Waals surface area contributed by atoms with Gasteiger partial charge in [0.15, 0.2) is 0 Å². The molecule has 2 aromatic rings. The molecule has 7 heteroatoms. The SMILES string of the molecule is Cc1ccc(OCCc2nnc(NC(=O)CCCN)s2)c(C)c1. The molecule has 6 nitrogen and oxygen atoms in total. The van der Waals surface area contributed by atoms with E-state index < -0.39 is 0 Å². The average molecular weight is 334 g/mol. The van der Waals surface area contributed by atoms with Crippen molar-refractivity contribution in [3.8, 4) is 5.75 Å². The number of nitrogens with zero attached hydrogens (tertiary/aromatic N) is 2. The Hall–Kier alpha value is -1.99. The molecule has 0 atom stereocenters. The zero-order valence-corrected chi connectivity index (χ0v) is 14.3.